The monoisotopic (exact) mass is 948 g/mol. The lowest BCUT2D eigenvalue weighted by Gasteiger charge is -2.50. The Kier molecular flexibility index (Phi) is 18.4. The van der Waals surface area contributed by atoms with Crippen molar-refractivity contribution in [1.29, 1.82) is 0 Å². The summed E-state index contributed by atoms with van der Waals surface area (Å²) in [6.07, 6.45) is -15.6. The minimum absolute atomic E-state index is 0.0697. The van der Waals surface area contributed by atoms with E-state index in [-0.39, 0.29) is 19.4 Å². The van der Waals surface area contributed by atoms with Gasteiger partial charge >= 0.3 is 30.5 Å². The van der Waals surface area contributed by atoms with Crippen molar-refractivity contribution in [3.8, 4) is 0 Å². The molecule has 1 saturated heterocycles. The molecule has 2 fully saturated rings. The van der Waals surface area contributed by atoms with Crippen molar-refractivity contribution in [1.82, 2.24) is 26.2 Å². The molecule has 0 spiro atoms. The summed E-state index contributed by atoms with van der Waals surface area (Å²) < 4.78 is 52.4. The average molecular weight is 948 g/mol. The minimum atomic E-state index is -1.95. The highest BCUT2D eigenvalue weighted by molar-refractivity contribution is 5.70. The van der Waals surface area contributed by atoms with Crippen molar-refractivity contribution in [2.24, 2.45) is 0 Å². The van der Waals surface area contributed by atoms with Gasteiger partial charge in [-0.05, 0) is 129 Å². The molecule has 7 N–H and O–H groups in total. The van der Waals surface area contributed by atoms with Gasteiger partial charge in [0.1, 0.15) is 52.4 Å². The summed E-state index contributed by atoms with van der Waals surface area (Å²) in [5, 5.41) is 47.1. The molecule has 1 aliphatic carbocycles. The number of nitrogens with one attached hydrogen (secondary N) is 4. The van der Waals surface area contributed by atoms with Crippen molar-refractivity contribution < 1.29 is 81.9 Å². The number of likely N-dealkylation sites (N-methyl/N-ethyl adjacent to an activating group) is 1. The molecule has 1 saturated carbocycles. The van der Waals surface area contributed by atoms with E-state index in [0.29, 0.717) is 5.57 Å². The van der Waals surface area contributed by atoms with E-state index in [9.17, 15) is 39.3 Å². The van der Waals surface area contributed by atoms with Crippen LogP contribution in [0, 0.1) is 0 Å². The Bertz CT molecular complexity index is 1710. The average Bonchev–Trinajstić information content (AvgIpc) is 3.10. The lowest BCUT2D eigenvalue weighted by molar-refractivity contribution is -0.291. The lowest BCUT2D eigenvalue weighted by Crippen LogP contribution is -2.74. The smallest absolute Gasteiger partial charge is 0.410 e. The maximum atomic E-state index is 13.5. The van der Waals surface area contributed by atoms with Crippen LogP contribution < -0.4 is 21.3 Å². The Balaban J connectivity index is 2.14. The van der Waals surface area contributed by atoms with Crippen LogP contribution in [0.1, 0.15) is 124 Å². The lowest BCUT2D eigenvalue weighted by atomic mass is 9.80. The standard InChI is InChI=1S/C44H77N5O17/c1-22-21-58-34(29(51)27(22)49(17)39(57)66-44(14,15)16)61-32-26(48-38(56)65-43(11,12)13)28(50)25(47-37(55)64-42(8,9)10)31(30(32)52)60-33-24(46-36(54)63-41(5,6)7)19-18-23(59-33)20-45-35(53)62-40(2,3)4/h21,23-34,50-52H,18-20H2,1-17H3,(H,45,53)(H,46,54)(H,47,55)(H,48,56)/t23?,24?,25-,26+,27-,28?,29?,30?,31?,32-,33+,34+/m0/s1. The molecule has 12 atom stereocenters. The summed E-state index contributed by atoms with van der Waals surface area (Å²) in [7, 11) is 1.41. The third kappa shape index (κ3) is 17.7. The van der Waals surface area contributed by atoms with Crippen molar-refractivity contribution >= 4 is 30.5 Å². The highest BCUT2D eigenvalue weighted by atomic mass is 16.7. The predicted octanol–water partition coefficient (Wildman–Crippen LogP) is 4.06. The molecule has 2 heterocycles. The number of amides is 5. The van der Waals surface area contributed by atoms with E-state index in [1.807, 2.05) is 0 Å². The van der Waals surface area contributed by atoms with Gasteiger partial charge in [0.2, 0.25) is 6.29 Å². The number of alkyl carbamates (subject to hydrolysis) is 4. The molecule has 6 unspecified atom stereocenters. The second-order valence-corrected chi connectivity index (χ2v) is 21.8. The van der Waals surface area contributed by atoms with Gasteiger partial charge in [-0.2, -0.15) is 0 Å². The fourth-order valence-electron chi connectivity index (χ4n) is 7.17. The van der Waals surface area contributed by atoms with Crippen LogP contribution in [0.15, 0.2) is 11.8 Å². The molecular weight excluding hydrogens is 871 g/mol. The van der Waals surface area contributed by atoms with Crippen molar-refractivity contribution in [2.45, 2.75) is 225 Å². The molecular formula is C44H77N5O17. The topological polar surface area (TPSA) is 280 Å². The maximum absolute atomic E-state index is 13.5. The van der Waals surface area contributed by atoms with Gasteiger partial charge < -0.3 is 84.1 Å². The van der Waals surface area contributed by atoms with Gasteiger partial charge in [0.25, 0.3) is 0 Å². The van der Waals surface area contributed by atoms with Crippen LogP contribution in [0.4, 0.5) is 24.0 Å². The van der Waals surface area contributed by atoms with Crippen LogP contribution in [-0.4, -0.2) is 166 Å². The summed E-state index contributed by atoms with van der Waals surface area (Å²) in [5.74, 6) is 0. The number of carbonyl (C=O) groups excluding carboxylic acids is 5. The number of aliphatic hydroxyl groups excluding tert-OH is 3. The van der Waals surface area contributed by atoms with Crippen molar-refractivity contribution in [3.05, 3.63) is 11.8 Å². The molecule has 22 heteroatoms. The van der Waals surface area contributed by atoms with Crippen molar-refractivity contribution in [2.75, 3.05) is 13.6 Å². The van der Waals surface area contributed by atoms with Crippen LogP contribution in [0.5, 0.6) is 0 Å². The molecule has 5 amide bonds. The van der Waals surface area contributed by atoms with Crippen LogP contribution in [0.2, 0.25) is 0 Å². The number of nitrogens with zero attached hydrogens (tertiary/aromatic N) is 1. The van der Waals surface area contributed by atoms with Gasteiger partial charge in [-0.25, -0.2) is 24.0 Å². The number of hydrogen-bond donors (Lipinski definition) is 7. The molecule has 3 rings (SSSR count). The van der Waals surface area contributed by atoms with Gasteiger partial charge in [-0.3, -0.25) is 0 Å². The number of rotatable bonds is 10. The van der Waals surface area contributed by atoms with Crippen LogP contribution in [0.3, 0.4) is 0 Å². The van der Waals surface area contributed by atoms with E-state index in [4.69, 9.17) is 42.6 Å². The molecule has 0 aromatic rings. The predicted molar refractivity (Wildman–Crippen MR) is 236 cm³/mol. The Labute approximate surface area is 388 Å². The minimum Gasteiger partial charge on any atom is -0.470 e. The number of hydrogen-bond acceptors (Lipinski definition) is 17. The second kappa shape index (κ2) is 21.7. The van der Waals surface area contributed by atoms with Gasteiger partial charge in [-0.1, -0.05) is 0 Å². The summed E-state index contributed by atoms with van der Waals surface area (Å²) in [6.45, 7) is 26.4. The SMILES string of the molecule is CC1=CO[C@H](O[C@@H]2C(O)C(O[C@H]3OC(CNC(=O)OC(C)(C)C)CCC3NC(=O)OC(C)(C)C)[C@@H](NC(=O)OC(C)(C)C)C(O)[C@H]2NC(=O)OC(C)(C)C)C(O)[C@H]1N(C)C(=O)OC(C)(C)C. The van der Waals surface area contributed by atoms with Crippen LogP contribution >= 0.6 is 0 Å². The van der Waals surface area contributed by atoms with Crippen LogP contribution in [-0.2, 0) is 42.6 Å². The van der Waals surface area contributed by atoms with E-state index in [1.165, 1.54) is 13.3 Å². The molecule has 22 nitrogen and oxygen atoms in total. The van der Waals surface area contributed by atoms with E-state index < -0.39 is 132 Å². The summed E-state index contributed by atoms with van der Waals surface area (Å²) >= 11 is 0. The Hall–Kier alpha value is -4.35. The van der Waals surface area contributed by atoms with Gasteiger partial charge in [0, 0.05) is 13.6 Å². The number of ether oxygens (including phenoxy) is 9. The fourth-order valence-corrected chi connectivity index (χ4v) is 7.17. The fraction of sp³-hybridized carbons (Fsp3) is 0.841. The Morgan fingerprint density at radius 2 is 1.03 bits per heavy atom. The molecule has 66 heavy (non-hydrogen) atoms. The Morgan fingerprint density at radius 1 is 0.606 bits per heavy atom. The summed E-state index contributed by atoms with van der Waals surface area (Å²) in [5.41, 5.74) is -4.24. The van der Waals surface area contributed by atoms with E-state index in [0.717, 1.165) is 4.90 Å². The van der Waals surface area contributed by atoms with Gasteiger partial charge in [0.15, 0.2) is 6.29 Å². The summed E-state index contributed by atoms with van der Waals surface area (Å²) in [6, 6.07) is -5.35. The van der Waals surface area contributed by atoms with Gasteiger partial charge in [0.05, 0.1) is 42.6 Å². The normalized spacial score (nSPS) is 29.7. The van der Waals surface area contributed by atoms with Gasteiger partial charge in [-0.15, -0.1) is 0 Å². The van der Waals surface area contributed by atoms with E-state index in [2.05, 4.69) is 21.3 Å². The maximum Gasteiger partial charge on any atom is 0.410 e. The van der Waals surface area contributed by atoms with Crippen LogP contribution in [0.25, 0.3) is 0 Å². The first-order valence-corrected chi connectivity index (χ1v) is 22.2. The zero-order chi connectivity index (χ0) is 50.5. The highest BCUT2D eigenvalue weighted by Gasteiger charge is 2.56. The quantitative estimate of drug-likeness (QED) is 0.152. The number of aliphatic hydroxyl groups is 3. The van der Waals surface area contributed by atoms with E-state index >= 15 is 0 Å². The zero-order valence-electron chi connectivity index (χ0n) is 41.6. The highest BCUT2D eigenvalue weighted by Crippen LogP contribution is 2.34. The molecule has 0 radical (unpaired) electrons. The number of carbonyl (C=O) groups is 5. The third-order valence-corrected chi connectivity index (χ3v) is 9.65. The molecule has 2 aliphatic heterocycles. The molecule has 380 valence electrons. The summed E-state index contributed by atoms with van der Waals surface area (Å²) in [4.78, 5) is 67.1. The molecule has 3 aliphatic rings. The molecule has 0 bridgehead atoms. The first-order valence-electron chi connectivity index (χ1n) is 22.2. The Morgan fingerprint density at radius 3 is 1.48 bits per heavy atom. The first-order chi connectivity index (χ1) is 29.9. The third-order valence-electron chi connectivity index (χ3n) is 9.65. The first kappa shape index (κ1) is 56.0. The largest absolute Gasteiger partial charge is 0.470 e. The zero-order valence-corrected chi connectivity index (χ0v) is 41.6. The van der Waals surface area contributed by atoms with E-state index in [1.54, 1.807) is 111 Å². The van der Waals surface area contributed by atoms with Crippen molar-refractivity contribution in [3.63, 3.8) is 0 Å². The second-order valence-electron chi connectivity index (χ2n) is 21.8. The molecule has 0 aromatic heterocycles. The molecule has 0 aromatic carbocycles.